The number of hydrogen-bond donors (Lipinski definition) is 13. The number of aromatic amines is 3. The van der Waals surface area contributed by atoms with Gasteiger partial charge in [-0.1, -0.05) is 0 Å². The Bertz CT molecular complexity index is 3520. The first kappa shape index (κ1) is 60.8. The minimum Gasteiger partial charge on any atom is -0.387 e. The Balaban J connectivity index is 0.991. The SMILES string of the molecule is Nc1ccn([C@@H]2O[C@H](COP(=O)(O)O[C@H]3[C@@H](O)[C@H](n4ccc(=O)[nH]c4=O)O[C@@H]3CO[P+](=O)O)[C@@H](OP(=O)(O)OC[C@H]3O[C@@H](n4ccc(=O)[nH]c4=O)[C@H](O)[C@@H]3OP(=O)(O)OC[C@H]3O[C@@H](n4ccc(=O)[nH]c4=O)[C@H](O)[C@@H]3O)[C@H]2O)c(=O)n1. The quantitative estimate of drug-likeness (QED) is 0.0325. The summed E-state index contributed by atoms with van der Waals surface area (Å²) in [5, 5.41) is 55.2. The number of hydrogen-bond acceptors (Lipinski definition) is 29. The molecule has 4 fully saturated rings. The van der Waals surface area contributed by atoms with Gasteiger partial charge in [-0.05, 0) is 6.07 Å². The molecule has 8 rings (SSSR count). The fourth-order valence-electron chi connectivity index (χ4n) is 8.43. The molecule has 4 aromatic heterocycles. The summed E-state index contributed by atoms with van der Waals surface area (Å²) in [4.78, 5) is 137. The Kier molecular flexibility index (Phi) is 18.4. The van der Waals surface area contributed by atoms with E-state index < -0.39 is 196 Å². The van der Waals surface area contributed by atoms with Crippen LogP contribution in [0.2, 0.25) is 0 Å². The fourth-order valence-corrected chi connectivity index (χ4v) is 11.6. The highest BCUT2D eigenvalue weighted by molar-refractivity contribution is 7.48. The number of nitrogens with two attached hydrogens (primary N) is 1. The number of nitrogen functional groups attached to an aromatic ring is 1. The molecule has 4 aromatic rings. The Morgan fingerprint density at radius 2 is 0.838 bits per heavy atom. The van der Waals surface area contributed by atoms with Crippen molar-refractivity contribution in [2.75, 3.05) is 32.2 Å². The Labute approximate surface area is 441 Å². The molecular formula is C36H46N9O31P4+. The topological polar surface area (TPSA) is 577 Å². The maximum Gasteiger partial charge on any atom is 0.694 e. The second-order valence-electron chi connectivity index (χ2n) is 17.3. The van der Waals surface area contributed by atoms with E-state index in [1.165, 1.54) is 0 Å². The minimum absolute atomic E-state index is 0.325. The smallest absolute Gasteiger partial charge is 0.387 e. The number of ether oxygens (including phenoxy) is 4. The average Bonchev–Trinajstić information content (AvgIpc) is 4.17. The third-order valence-electron chi connectivity index (χ3n) is 12.1. The average molecular weight is 1220 g/mol. The molecule has 0 bridgehead atoms. The second-order valence-corrected chi connectivity index (χ2v) is 22.3. The second kappa shape index (κ2) is 24.3. The zero-order valence-electron chi connectivity index (χ0n) is 39.8. The van der Waals surface area contributed by atoms with Gasteiger partial charge in [0.25, 0.3) is 16.7 Å². The van der Waals surface area contributed by atoms with Crippen molar-refractivity contribution in [1.29, 1.82) is 0 Å². The number of aliphatic hydroxyl groups is 5. The Morgan fingerprint density at radius 1 is 0.512 bits per heavy atom. The molecule has 44 heteroatoms. The first-order chi connectivity index (χ1) is 37.5. The van der Waals surface area contributed by atoms with E-state index in [4.69, 9.17) is 51.8 Å². The van der Waals surface area contributed by atoms with Crippen LogP contribution in [0.25, 0.3) is 0 Å². The number of aliphatic hydroxyl groups excluding tert-OH is 5. The number of phosphoric ester groups is 3. The molecule has 4 unspecified atom stereocenters. The molecule has 0 amide bonds. The third kappa shape index (κ3) is 13.8. The van der Waals surface area contributed by atoms with Crippen molar-refractivity contribution in [3.63, 3.8) is 0 Å². The van der Waals surface area contributed by atoms with Gasteiger partial charge in [0, 0.05) is 47.6 Å². The van der Waals surface area contributed by atoms with Crippen molar-refractivity contribution in [3.8, 4) is 0 Å². The van der Waals surface area contributed by atoms with E-state index in [0.29, 0.717) is 18.3 Å². The Morgan fingerprint density at radius 3 is 1.20 bits per heavy atom. The van der Waals surface area contributed by atoms with Crippen molar-refractivity contribution in [1.82, 2.24) is 38.2 Å². The fraction of sp³-hybridized carbons (Fsp3) is 0.556. The minimum atomic E-state index is -5.80. The maximum atomic E-state index is 13.8. The molecule has 14 N–H and O–H groups in total. The molecule has 0 aliphatic carbocycles. The van der Waals surface area contributed by atoms with Crippen LogP contribution in [-0.4, -0.2) is 183 Å². The van der Waals surface area contributed by atoms with Crippen LogP contribution >= 0.6 is 31.7 Å². The summed E-state index contributed by atoms with van der Waals surface area (Å²) in [5.74, 6) is -0.325. The molecule has 80 heavy (non-hydrogen) atoms. The van der Waals surface area contributed by atoms with E-state index in [0.717, 1.165) is 49.1 Å². The Hall–Kier alpha value is -5.29. The molecule has 20 atom stereocenters. The molecule has 4 aliphatic rings. The number of rotatable bonds is 22. The van der Waals surface area contributed by atoms with Gasteiger partial charge in [0.1, 0.15) is 85.7 Å². The van der Waals surface area contributed by atoms with Gasteiger partial charge in [-0.3, -0.25) is 74.7 Å². The zero-order valence-corrected chi connectivity index (χ0v) is 43.4. The number of aromatic nitrogens is 8. The molecule has 0 aromatic carbocycles. The lowest BCUT2D eigenvalue weighted by Gasteiger charge is -2.26. The largest absolute Gasteiger partial charge is 0.694 e. The van der Waals surface area contributed by atoms with Crippen molar-refractivity contribution in [2.45, 2.75) is 98.2 Å². The number of anilines is 1. The normalized spacial score (nSPS) is 33.0. The lowest BCUT2D eigenvalue weighted by molar-refractivity contribution is -0.0655. The van der Waals surface area contributed by atoms with E-state index >= 15 is 0 Å². The summed E-state index contributed by atoms with van der Waals surface area (Å²) in [5.41, 5.74) is -1.70. The summed E-state index contributed by atoms with van der Waals surface area (Å²) >= 11 is 0. The summed E-state index contributed by atoms with van der Waals surface area (Å²) in [6.07, 6.45) is -28.5. The highest BCUT2D eigenvalue weighted by atomic mass is 31.2. The lowest BCUT2D eigenvalue weighted by Crippen LogP contribution is -2.39. The monoisotopic (exact) mass is 1220 g/mol. The summed E-state index contributed by atoms with van der Waals surface area (Å²) in [6.45, 7) is -4.71. The molecule has 4 aliphatic heterocycles. The van der Waals surface area contributed by atoms with E-state index in [9.17, 15) is 96.9 Å². The van der Waals surface area contributed by atoms with Crippen molar-refractivity contribution in [3.05, 3.63) is 122 Å². The molecule has 440 valence electrons. The van der Waals surface area contributed by atoms with Crippen molar-refractivity contribution < 1.29 is 114 Å². The van der Waals surface area contributed by atoms with E-state index in [1.807, 2.05) is 15.0 Å². The van der Waals surface area contributed by atoms with Gasteiger partial charge in [0.15, 0.2) is 24.9 Å². The summed E-state index contributed by atoms with van der Waals surface area (Å²) in [7, 11) is -20.4. The van der Waals surface area contributed by atoms with Gasteiger partial charge >= 0.3 is 54.5 Å². The number of nitrogens with zero attached hydrogens (tertiary/aromatic N) is 5. The maximum absolute atomic E-state index is 13.8. The zero-order chi connectivity index (χ0) is 58.3. The van der Waals surface area contributed by atoms with Crippen LogP contribution in [-0.2, 0) is 68.9 Å². The van der Waals surface area contributed by atoms with Crippen LogP contribution < -0.4 is 45.2 Å². The van der Waals surface area contributed by atoms with Crippen LogP contribution in [0.1, 0.15) is 24.9 Å². The van der Waals surface area contributed by atoms with Gasteiger partial charge < -0.3 is 64.9 Å². The van der Waals surface area contributed by atoms with E-state index in [-0.39, 0.29) is 5.82 Å². The highest BCUT2D eigenvalue weighted by Gasteiger charge is 2.55. The molecule has 8 heterocycles. The number of H-pyrrole nitrogens is 3. The number of nitrogens with one attached hydrogen (secondary N) is 3. The van der Waals surface area contributed by atoms with Gasteiger partial charge in [-0.25, -0.2) is 32.9 Å². The standard InChI is InChI=1S/C36H45N9O31P4/c37-17-1-5-42(33(54)38-17)30-24(52)27(15(72-30)11-68-79(62,63)74-26-14(9-66-77(58)59)71-31(23(26)51)44-7-3-19(47)40-35(44)56)76-80(64,65)69-12-16-28(25(53)32(73-16)45-8-4-20(48)41-36(45)57)75-78(60,61)67-10-13-21(49)22(50)29(70-13)43-6-2-18(46)39-34(43)55/h1-8,13-16,21-32,49-53H,9-12H2,(H8-,37,38,39,40,41,46,47,48,54,55,56,57,58,59,60,61,62,63,64,65)/p+1/t13-,14-,15-,16-,21-,22-,23-,24-,25-,26-,27-,28-,29-,30-,31-,32-/m1/s1. The molecule has 0 saturated carbocycles. The molecule has 0 spiro atoms. The first-order valence-corrected chi connectivity index (χ1v) is 28.2. The third-order valence-corrected chi connectivity index (χ3v) is 15.4. The molecule has 4 saturated heterocycles. The summed E-state index contributed by atoms with van der Waals surface area (Å²) < 4.78 is 112. The lowest BCUT2D eigenvalue weighted by atomic mass is 10.1. The highest BCUT2D eigenvalue weighted by Crippen LogP contribution is 2.54. The van der Waals surface area contributed by atoms with Gasteiger partial charge in [-0.15, -0.1) is 9.42 Å². The first-order valence-electron chi connectivity index (χ1n) is 22.6. The van der Waals surface area contributed by atoms with Crippen LogP contribution in [0, 0.1) is 0 Å². The predicted molar refractivity (Wildman–Crippen MR) is 250 cm³/mol. The number of phosphoric acid groups is 3. The molecule has 40 nitrogen and oxygen atoms in total. The van der Waals surface area contributed by atoms with Crippen LogP contribution in [0.5, 0.6) is 0 Å². The van der Waals surface area contributed by atoms with Gasteiger partial charge in [0.05, 0.1) is 19.8 Å². The molecular weight excluding hydrogens is 1180 g/mol. The van der Waals surface area contributed by atoms with Crippen molar-refractivity contribution >= 4 is 37.5 Å². The van der Waals surface area contributed by atoms with Crippen LogP contribution in [0.15, 0.2) is 82.6 Å². The van der Waals surface area contributed by atoms with Gasteiger partial charge in [0.2, 0.25) is 0 Å². The van der Waals surface area contributed by atoms with E-state index in [1.54, 1.807) is 0 Å². The van der Waals surface area contributed by atoms with Gasteiger partial charge in [-0.2, -0.15) is 4.98 Å². The van der Waals surface area contributed by atoms with E-state index in [2.05, 4.69) is 9.51 Å². The predicted octanol–water partition coefficient (Wildman–Crippen LogP) is -6.96. The molecule has 0 radical (unpaired) electrons. The van der Waals surface area contributed by atoms with Crippen LogP contribution in [0.3, 0.4) is 0 Å². The summed E-state index contributed by atoms with van der Waals surface area (Å²) in [6, 6.07) is 3.56. The van der Waals surface area contributed by atoms with Crippen molar-refractivity contribution in [2.24, 2.45) is 0 Å². The van der Waals surface area contributed by atoms with Crippen LogP contribution in [0.4, 0.5) is 5.82 Å².